The minimum Gasteiger partial charge on any atom is -0.376 e. The van der Waals surface area contributed by atoms with Crippen molar-refractivity contribution in [3.8, 4) is 0 Å². The quantitative estimate of drug-likeness (QED) is 0.645. The number of benzene rings is 1. The number of carbonyl (C=O) groups excluding carboxylic acids is 1. The van der Waals surface area contributed by atoms with E-state index in [-0.39, 0.29) is 25.6 Å². The second-order valence-corrected chi connectivity index (χ2v) is 9.92. The minimum absolute atomic E-state index is 0. The van der Waals surface area contributed by atoms with Crippen LogP contribution in [0.5, 0.6) is 0 Å². The molecule has 1 unspecified atom stereocenters. The molecule has 5 rings (SSSR count). The van der Waals surface area contributed by atoms with Crippen molar-refractivity contribution in [3.63, 3.8) is 0 Å². The lowest BCUT2D eigenvalue weighted by Gasteiger charge is -2.33. The summed E-state index contributed by atoms with van der Waals surface area (Å²) in [5.74, 6) is 0.722. The average molecular weight is 499 g/mol. The lowest BCUT2D eigenvalue weighted by atomic mass is 10.0. The van der Waals surface area contributed by atoms with Crippen LogP contribution in [0.1, 0.15) is 33.7 Å². The van der Waals surface area contributed by atoms with E-state index in [0.717, 1.165) is 34.9 Å². The molecule has 2 saturated heterocycles. The summed E-state index contributed by atoms with van der Waals surface area (Å²) >= 11 is 0. The Morgan fingerprint density at radius 2 is 2.14 bits per heavy atom. The van der Waals surface area contributed by atoms with Crippen LogP contribution in [-0.4, -0.2) is 75.3 Å². The number of ether oxygens (including phenoxy) is 4. The minimum atomic E-state index is -0.503. The highest BCUT2D eigenvalue weighted by Gasteiger charge is 2.34. The molecule has 9 heteroatoms. The van der Waals surface area contributed by atoms with Crippen molar-refractivity contribution in [3.05, 3.63) is 42.1 Å². The van der Waals surface area contributed by atoms with Crippen molar-refractivity contribution in [2.75, 3.05) is 55.1 Å². The molecular formula is C27H38N4O5. The molecule has 0 aliphatic carbocycles. The van der Waals surface area contributed by atoms with Crippen molar-refractivity contribution in [2.45, 2.75) is 57.6 Å². The summed E-state index contributed by atoms with van der Waals surface area (Å²) in [6, 6.07) is 10.0. The zero-order valence-corrected chi connectivity index (χ0v) is 21.3. The van der Waals surface area contributed by atoms with Crippen LogP contribution in [0, 0.1) is 0 Å². The van der Waals surface area contributed by atoms with Crippen LogP contribution in [0.4, 0.5) is 22.9 Å². The number of nitrogens with one attached hydrogen (secondary N) is 1. The van der Waals surface area contributed by atoms with Crippen LogP contribution >= 0.6 is 0 Å². The molecule has 3 atom stereocenters. The third-order valence-corrected chi connectivity index (χ3v) is 6.79. The van der Waals surface area contributed by atoms with Crippen LogP contribution in [-0.2, 0) is 30.3 Å². The van der Waals surface area contributed by atoms with Gasteiger partial charge in [-0.15, -0.1) is 0 Å². The lowest BCUT2D eigenvalue weighted by molar-refractivity contribution is -0.143. The molecule has 36 heavy (non-hydrogen) atoms. The molecule has 0 saturated carbocycles. The maximum atomic E-state index is 13.9. The van der Waals surface area contributed by atoms with Crippen LogP contribution < -0.4 is 15.1 Å². The van der Waals surface area contributed by atoms with Crippen molar-refractivity contribution in [1.29, 1.82) is 0 Å². The van der Waals surface area contributed by atoms with E-state index in [1.165, 1.54) is 0 Å². The molecule has 9 nitrogen and oxygen atoms in total. The van der Waals surface area contributed by atoms with Crippen molar-refractivity contribution in [1.82, 2.24) is 4.98 Å². The highest BCUT2D eigenvalue weighted by molar-refractivity contribution is 6.01. The van der Waals surface area contributed by atoms with Gasteiger partial charge in [-0.1, -0.05) is 6.07 Å². The smallest absolute Gasteiger partial charge is 0.256 e. The molecule has 1 aromatic heterocycles. The van der Waals surface area contributed by atoms with Gasteiger partial charge in [0.25, 0.3) is 5.91 Å². The third-order valence-electron chi connectivity index (χ3n) is 6.79. The van der Waals surface area contributed by atoms with Crippen molar-refractivity contribution < 1.29 is 25.2 Å². The molecule has 2 aromatic rings. The Morgan fingerprint density at radius 3 is 2.89 bits per heavy atom. The zero-order valence-electron chi connectivity index (χ0n) is 21.3. The molecule has 0 spiro atoms. The average Bonchev–Trinajstić information content (AvgIpc) is 3.05. The fraction of sp³-hybridized carbons (Fsp3) is 0.556. The van der Waals surface area contributed by atoms with E-state index in [1.54, 1.807) is 6.20 Å². The molecular weight excluding hydrogens is 460 g/mol. The van der Waals surface area contributed by atoms with Gasteiger partial charge < -0.3 is 34.1 Å². The Hall–Kier alpha value is -2.72. The monoisotopic (exact) mass is 498 g/mol. The maximum absolute atomic E-state index is 13.9. The van der Waals surface area contributed by atoms with E-state index in [4.69, 9.17) is 18.9 Å². The summed E-state index contributed by atoms with van der Waals surface area (Å²) in [6.07, 6.45) is 2.88. The Kier molecular flexibility index (Phi) is 7.71. The number of pyridine rings is 1. The number of carbonyl (C=O) groups is 1. The molecule has 1 N–H and O–H groups in total. The summed E-state index contributed by atoms with van der Waals surface area (Å²) in [5, 5.41) is 3.44. The molecule has 1 amide bonds. The molecule has 196 valence electrons. The fourth-order valence-electron chi connectivity index (χ4n) is 4.99. The largest absolute Gasteiger partial charge is 0.376 e. The summed E-state index contributed by atoms with van der Waals surface area (Å²) in [5.41, 5.74) is 3.61. The van der Waals surface area contributed by atoms with Crippen molar-refractivity contribution in [2.24, 2.45) is 0 Å². The molecule has 1 aromatic carbocycles. The number of likely N-dealkylation sites (N-methyl/N-ethyl adjacent to an activating group) is 1. The normalized spacial score (nSPS) is 23.9. The first-order valence-corrected chi connectivity index (χ1v) is 12.8. The number of hydrogen-bond donors (Lipinski definition) is 1. The van der Waals surface area contributed by atoms with Gasteiger partial charge in [-0.25, -0.2) is 4.98 Å². The van der Waals surface area contributed by atoms with Gasteiger partial charge >= 0.3 is 0 Å². The van der Waals surface area contributed by atoms with Gasteiger partial charge in [0.05, 0.1) is 62.7 Å². The van der Waals surface area contributed by atoms with Gasteiger partial charge in [0.1, 0.15) is 11.9 Å². The molecule has 0 bridgehead atoms. The van der Waals surface area contributed by atoms with Gasteiger partial charge in [-0.3, -0.25) is 4.79 Å². The summed E-state index contributed by atoms with van der Waals surface area (Å²) in [6.45, 7) is 7.43. The SMILES string of the molecule is CC(C)O[C@H]1CC[C@H](C(=O)N2Cc3cccnc3Nc3ccc(N(C)CC4COCCO4)cc32)OC1.[HH]. The predicted molar refractivity (Wildman–Crippen MR) is 140 cm³/mol. The number of fused-ring (bicyclic) bond motifs is 2. The number of nitrogens with zero attached hydrogens (tertiary/aromatic N) is 3. The van der Waals surface area contributed by atoms with Gasteiger partial charge in [0.15, 0.2) is 0 Å². The molecule has 0 radical (unpaired) electrons. The maximum Gasteiger partial charge on any atom is 0.256 e. The van der Waals surface area contributed by atoms with E-state index in [9.17, 15) is 4.79 Å². The first-order valence-electron chi connectivity index (χ1n) is 12.8. The number of amides is 1. The number of aromatic nitrogens is 1. The van der Waals surface area contributed by atoms with Crippen LogP contribution in [0.25, 0.3) is 0 Å². The zero-order chi connectivity index (χ0) is 25.1. The van der Waals surface area contributed by atoms with E-state index in [0.29, 0.717) is 45.9 Å². The standard InChI is InChI=1S/C27H36N4O5.H2/c1-18(2)36-21-7-9-25(35-17-21)27(32)31-14-19-5-4-10-28-26(19)29-23-8-6-20(13-24(23)31)30(3)15-22-16-33-11-12-34-22;/h4-6,8,10,13,18,21-22,25H,7,9,11-12,14-17H2,1-3H3,(H,28,29);1H/t21-,22?,25+;/m0./s1. The van der Waals surface area contributed by atoms with Crippen molar-refractivity contribution >= 4 is 28.8 Å². The van der Waals surface area contributed by atoms with Gasteiger partial charge in [-0.2, -0.15) is 0 Å². The lowest BCUT2D eigenvalue weighted by Crippen LogP contribution is -2.44. The Bertz CT molecular complexity index is 1060. The molecule has 4 heterocycles. The van der Waals surface area contributed by atoms with E-state index in [1.807, 2.05) is 44.0 Å². The molecule has 3 aliphatic rings. The van der Waals surface area contributed by atoms with Crippen LogP contribution in [0.2, 0.25) is 0 Å². The van der Waals surface area contributed by atoms with Crippen LogP contribution in [0.15, 0.2) is 36.5 Å². The Morgan fingerprint density at radius 1 is 1.25 bits per heavy atom. The van der Waals surface area contributed by atoms with E-state index >= 15 is 0 Å². The molecule has 3 aliphatic heterocycles. The molecule has 2 fully saturated rings. The van der Waals surface area contributed by atoms with E-state index < -0.39 is 6.10 Å². The Labute approximate surface area is 214 Å². The first kappa shape index (κ1) is 25.0. The summed E-state index contributed by atoms with van der Waals surface area (Å²) in [7, 11) is 2.03. The number of hydrogen-bond acceptors (Lipinski definition) is 8. The van der Waals surface area contributed by atoms with Gasteiger partial charge in [-0.05, 0) is 51.0 Å². The second-order valence-electron chi connectivity index (χ2n) is 9.92. The summed E-state index contributed by atoms with van der Waals surface area (Å²) in [4.78, 5) is 22.4. The van der Waals surface area contributed by atoms with Crippen LogP contribution in [0.3, 0.4) is 0 Å². The first-order chi connectivity index (χ1) is 17.5. The fourth-order valence-corrected chi connectivity index (χ4v) is 4.99. The second kappa shape index (κ2) is 11.1. The highest BCUT2D eigenvalue weighted by Crippen LogP contribution is 2.38. The van der Waals surface area contributed by atoms with E-state index in [2.05, 4.69) is 27.3 Å². The topological polar surface area (TPSA) is 85.4 Å². The van der Waals surface area contributed by atoms with Gasteiger partial charge in [0.2, 0.25) is 0 Å². The third kappa shape index (κ3) is 5.64. The predicted octanol–water partition coefficient (Wildman–Crippen LogP) is 3.74. The Balaban J connectivity index is 0.00000320. The van der Waals surface area contributed by atoms with Gasteiger partial charge in [0, 0.05) is 32.5 Å². The number of anilines is 4. The highest BCUT2D eigenvalue weighted by atomic mass is 16.6. The number of rotatable bonds is 6. The summed E-state index contributed by atoms with van der Waals surface area (Å²) < 4.78 is 23.3.